The first-order chi connectivity index (χ1) is 12.8. The van der Waals surface area contributed by atoms with Crippen molar-refractivity contribution in [1.82, 2.24) is 14.3 Å². The van der Waals surface area contributed by atoms with Gasteiger partial charge in [-0.1, -0.05) is 0 Å². The molecule has 0 spiro atoms. The summed E-state index contributed by atoms with van der Waals surface area (Å²) in [6.07, 6.45) is 1.64. The standard InChI is InChI=1S/C21H19IN4O/c1-13-9-15(3)26(24-13)21(27)18(12-23)11-17-10-14(2)25(16(17)4)20-7-5-19(22)6-8-20/h5-11H,1-4H3/b18-11+. The Morgan fingerprint density at radius 2 is 1.78 bits per heavy atom. The van der Waals surface area contributed by atoms with Gasteiger partial charge >= 0.3 is 0 Å². The predicted octanol–water partition coefficient (Wildman–Crippen LogP) is 4.76. The minimum atomic E-state index is -0.415. The molecule has 0 saturated heterocycles. The molecular formula is C21H19IN4O. The van der Waals surface area contributed by atoms with Gasteiger partial charge in [0.2, 0.25) is 0 Å². The largest absolute Gasteiger partial charge is 0.318 e. The third-order valence-corrected chi connectivity index (χ3v) is 5.13. The second-order valence-corrected chi connectivity index (χ2v) is 7.70. The number of nitriles is 1. The Morgan fingerprint density at radius 3 is 2.33 bits per heavy atom. The van der Waals surface area contributed by atoms with Gasteiger partial charge in [-0.25, -0.2) is 4.68 Å². The first-order valence-electron chi connectivity index (χ1n) is 8.46. The first-order valence-corrected chi connectivity index (χ1v) is 9.54. The maximum atomic E-state index is 12.7. The number of allylic oxidation sites excluding steroid dienone is 1. The van der Waals surface area contributed by atoms with Crippen molar-refractivity contribution in [3.05, 3.63) is 73.9 Å². The van der Waals surface area contributed by atoms with Gasteiger partial charge in [-0.2, -0.15) is 10.4 Å². The summed E-state index contributed by atoms with van der Waals surface area (Å²) in [5, 5.41) is 13.7. The number of hydrogen-bond acceptors (Lipinski definition) is 3. The highest BCUT2D eigenvalue weighted by Crippen LogP contribution is 2.24. The van der Waals surface area contributed by atoms with E-state index in [4.69, 9.17) is 0 Å². The van der Waals surface area contributed by atoms with Gasteiger partial charge in [0.25, 0.3) is 5.91 Å². The number of carbonyl (C=O) groups excluding carboxylic acids is 1. The lowest BCUT2D eigenvalue weighted by Crippen LogP contribution is -2.15. The van der Waals surface area contributed by atoms with Crippen LogP contribution >= 0.6 is 22.6 Å². The van der Waals surface area contributed by atoms with Crippen LogP contribution in [0.15, 0.2) is 42.0 Å². The Balaban J connectivity index is 2.04. The second kappa shape index (κ2) is 7.53. The number of halogens is 1. The summed E-state index contributed by atoms with van der Waals surface area (Å²) in [6, 6.07) is 14.0. The molecule has 3 rings (SSSR count). The van der Waals surface area contributed by atoms with Crippen LogP contribution in [0.1, 0.15) is 33.1 Å². The van der Waals surface area contributed by atoms with E-state index in [0.29, 0.717) is 5.69 Å². The molecule has 0 aliphatic heterocycles. The third kappa shape index (κ3) is 3.74. The van der Waals surface area contributed by atoms with Crippen LogP contribution in [0.25, 0.3) is 11.8 Å². The highest BCUT2D eigenvalue weighted by molar-refractivity contribution is 14.1. The van der Waals surface area contributed by atoms with Crippen molar-refractivity contribution in [2.75, 3.05) is 0 Å². The van der Waals surface area contributed by atoms with Crippen molar-refractivity contribution in [3.8, 4) is 11.8 Å². The molecule has 0 radical (unpaired) electrons. The summed E-state index contributed by atoms with van der Waals surface area (Å²) in [5.41, 5.74) is 5.42. The molecule has 0 bridgehead atoms. The molecule has 3 aromatic rings. The van der Waals surface area contributed by atoms with Gasteiger partial charge in [0.1, 0.15) is 11.6 Å². The molecule has 0 aliphatic rings. The van der Waals surface area contributed by atoms with Gasteiger partial charge in [-0.05, 0) is 98.3 Å². The topological polar surface area (TPSA) is 63.6 Å². The van der Waals surface area contributed by atoms with E-state index in [1.165, 1.54) is 8.25 Å². The second-order valence-electron chi connectivity index (χ2n) is 6.45. The Labute approximate surface area is 172 Å². The van der Waals surface area contributed by atoms with Gasteiger partial charge < -0.3 is 4.57 Å². The van der Waals surface area contributed by atoms with Crippen LogP contribution in [0.4, 0.5) is 0 Å². The average molecular weight is 470 g/mol. The minimum Gasteiger partial charge on any atom is -0.318 e. The number of nitrogens with zero attached hydrogens (tertiary/aromatic N) is 4. The first kappa shape index (κ1) is 19.1. The lowest BCUT2D eigenvalue weighted by Gasteiger charge is -2.09. The summed E-state index contributed by atoms with van der Waals surface area (Å²) in [4.78, 5) is 12.7. The monoisotopic (exact) mass is 470 g/mol. The predicted molar refractivity (Wildman–Crippen MR) is 114 cm³/mol. The van der Waals surface area contributed by atoms with E-state index < -0.39 is 5.91 Å². The van der Waals surface area contributed by atoms with Crippen LogP contribution < -0.4 is 0 Å². The normalized spacial score (nSPS) is 11.5. The van der Waals surface area contributed by atoms with E-state index in [1.807, 2.05) is 39.0 Å². The number of aryl methyl sites for hydroxylation is 3. The molecule has 0 aliphatic carbocycles. The fraction of sp³-hybridized carbons (Fsp3) is 0.190. The van der Waals surface area contributed by atoms with Gasteiger partial charge in [-0.15, -0.1) is 0 Å². The Bertz CT molecular complexity index is 1090. The van der Waals surface area contributed by atoms with E-state index in [0.717, 1.165) is 28.3 Å². The number of carbonyl (C=O) groups is 1. The van der Waals surface area contributed by atoms with Crippen LogP contribution in [0.3, 0.4) is 0 Å². The van der Waals surface area contributed by atoms with Crippen molar-refractivity contribution < 1.29 is 4.79 Å². The average Bonchev–Trinajstić information content (AvgIpc) is 3.11. The molecule has 6 heteroatoms. The maximum Gasteiger partial charge on any atom is 0.289 e. The molecule has 0 unspecified atom stereocenters. The molecule has 2 aromatic heterocycles. The molecule has 2 heterocycles. The Morgan fingerprint density at radius 1 is 1.11 bits per heavy atom. The molecule has 5 nitrogen and oxygen atoms in total. The highest BCUT2D eigenvalue weighted by Gasteiger charge is 2.17. The van der Waals surface area contributed by atoms with Crippen LogP contribution in [0.2, 0.25) is 0 Å². The van der Waals surface area contributed by atoms with E-state index in [9.17, 15) is 10.1 Å². The zero-order valence-corrected chi connectivity index (χ0v) is 17.8. The van der Waals surface area contributed by atoms with E-state index in [1.54, 1.807) is 13.0 Å². The van der Waals surface area contributed by atoms with Crippen LogP contribution in [0.5, 0.6) is 0 Å². The van der Waals surface area contributed by atoms with Crippen LogP contribution in [-0.2, 0) is 0 Å². The molecule has 0 atom stereocenters. The van der Waals surface area contributed by atoms with Gasteiger partial charge in [0.15, 0.2) is 0 Å². The zero-order valence-electron chi connectivity index (χ0n) is 15.6. The van der Waals surface area contributed by atoms with Crippen LogP contribution in [-0.4, -0.2) is 20.3 Å². The maximum absolute atomic E-state index is 12.7. The molecule has 136 valence electrons. The van der Waals surface area contributed by atoms with Crippen LogP contribution in [0, 0.1) is 42.6 Å². The summed E-state index contributed by atoms with van der Waals surface area (Å²) in [5.74, 6) is -0.415. The smallest absolute Gasteiger partial charge is 0.289 e. The van der Waals surface area contributed by atoms with Crippen molar-refractivity contribution >= 4 is 34.6 Å². The Hall–Kier alpha value is -2.66. The van der Waals surface area contributed by atoms with Crippen molar-refractivity contribution in [3.63, 3.8) is 0 Å². The summed E-state index contributed by atoms with van der Waals surface area (Å²) in [6.45, 7) is 7.62. The number of rotatable bonds is 3. The molecule has 27 heavy (non-hydrogen) atoms. The van der Waals surface area contributed by atoms with E-state index in [2.05, 4.69) is 56.5 Å². The number of hydrogen-bond donors (Lipinski definition) is 0. The SMILES string of the molecule is Cc1cc(C)n(C(=O)/C(C#N)=C/c2cc(C)n(-c3ccc(I)cc3)c2C)n1. The van der Waals surface area contributed by atoms with Crippen molar-refractivity contribution in [2.24, 2.45) is 0 Å². The molecule has 1 aromatic carbocycles. The third-order valence-electron chi connectivity index (χ3n) is 4.41. The summed E-state index contributed by atoms with van der Waals surface area (Å²) in [7, 11) is 0. The highest BCUT2D eigenvalue weighted by atomic mass is 127. The molecular weight excluding hydrogens is 451 g/mol. The quantitative estimate of drug-likeness (QED) is 0.315. The lowest BCUT2D eigenvalue weighted by molar-refractivity contribution is 0.0944. The molecule has 0 fully saturated rings. The Kier molecular flexibility index (Phi) is 5.33. The summed E-state index contributed by atoms with van der Waals surface area (Å²) < 4.78 is 4.56. The fourth-order valence-corrected chi connectivity index (χ4v) is 3.53. The van der Waals surface area contributed by atoms with Gasteiger partial charge in [-0.3, -0.25) is 4.79 Å². The number of aromatic nitrogens is 3. The van der Waals surface area contributed by atoms with Gasteiger partial charge in [0.05, 0.1) is 5.69 Å². The van der Waals surface area contributed by atoms with E-state index >= 15 is 0 Å². The minimum absolute atomic E-state index is 0.0593. The molecule has 0 amide bonds. The molecule has 0 N–H and O–H groups in total. The zero-order chi connectivity index (χ0) is 19.7. The fourth-order valence-electron chi connectivity index (χ4n) is 3.17. The summed E-state index contributed by atoms with van der Waals surface area (Å²) >= 11 is 2.28. The van der Waals surface area contributed by atoms with Crippen molar-refractivity contribution in [1.29, 1.82) is 5.26 Å². The van der Waals surface area contributed by atoms with Gasteiger partial charge in [0, 0.05) is 26.3 Å². The molecule has 0 saturated carbocycles. The van der Waals surface area contributed by atoms with Crippen molar-refractivity contribution in [2.45, 2.75) is 27.7 Å². The van der Waals surface area contributed by atoms with E-state index in [-0.39, 0.29) is 5.57 Å². The number of benzene rings is 1. The lowest BCUT2D eigenvalue weighted by atomic mass is 10.1.